The number of hydrogen-bond acceptors (Lipinski definition) is 13. The van der Waals surface area contributed by atoms with Gasteiger partial charge in [-0.05, 0) is 107 Å². The van der Waals surface area contributed by atoms with E-state index in [-0.39, 0.29) is 62.2 Å². The third kappa shape index (κ3) is 13.0. The van der Waals surface area contributed by atoms with Crippen molar-refractivity contribution >= 4 is 23.4 Å². The van der Waals surface area contributed by atoms with Crippen molar-refractivity contribution < 1.29 is 62.9 Å². The number of aliphatic hydroxyl groups excluding tert-OH is 2. The van der Waals surface area contributed by atoms with Crippen LogP contribution in [0, 0.1) is 29.6 Å². The average molecular weight is 912 g/mol. The fourth-order valence-corrected chi connectivity index (χ4v) is 10.6. The molecule has 1 amide bonds. The van der Waals surface area contributed by atoms with Gasteiger partial charge in [-0.15, -0.1) is 0 Å². The van der Waals surface area contributed by atoms with Crippen molar-refractivity contribution in [1.82, 2.24) is 4.90 Å². The Hall–Kier alpha value is -3.34. The maximum atomic E-state index is 14.5. The Morgan fingerprint density at radius 2 is 1.60 bits per heavy atom. The van der Waals surface area contributed by atoms with Gasteiger partial charge in [-0.25, -0.2) is 4.79 Å². The number of hydrogen-bond donors (Lipinski definition) is 3. The number of Topliss-reactive ketones (excluding diaryl/α,β-unsaturated/α-hetero) is 2. The molecule has 1 aromatic carbocycles. The van der Waals surface area contributed by atoms with Crippen molar-refractivity contribution in [3.8, 4) is 0 Å². The second-order valence-corrected chi connectivity index (χ2v) is 19.4. The Labute approximate surface area is 386 Å². The molecular weight excluding hydrogens is 835 g/mol. The van der Waals surface area contributed by atoms with E-state index in [1.165, 1.54) is 19.1 Å². The summed E-state index contributed by atoms with van der Waals surface area (Å²) in [6.45, 7) is 11.6. The Kier molecular flexibility index (Phi) is 19.5. The van der Waals surface area contributed by atoms with Crippen LogP contribution in [-0.2, 0) is 60.8 Å². The largest absolute Gasteiger partial charge is 0.456 e. The van der Waals surface area contributed by atoms with Gasteiger partial charge >= 0.3 is 5.97 Å². The smallest absolute Gasteiger partial charge is 0.329 e. The zero-order valence-corrected chi connectivity index (χ0v) is 40.2. The number of nitrogens with zero attached hydrogens (tertiary/aromatic N) is 1. The predicted octanol–water partition coefficient (Wildman–Crippen LogP) is 6.19. The van der Waals surface area contributed by atoms with Gasteiger partial charge in [0.25, 0.3) is 11.7 Å². The summed E-state index contributed by atoms with van der Waals surface area (Å²) in [7, 11) is 4.73. The first-order valence-electron chi connectivity index (χ1n) is 23.9. The number of benzene rings is 1. The molecule has 5 rings (SSSR count). The summed E-state index contributed by atoms with van der Waals surface area (Å²) in [6, 6.07) is 6.49. The lowest BCUT2D eigenvalue weighted by atomic mass is 9.81. The second kappa shape index (κ2) is 24.1. The lowest BCUT2D eigenvalue weighted by Gasteiger charge is -2.47. The van der Waals surface area contributed by atoms with E-state index in [0.717, 1.165) is 23.1 Å². The van der Waals surface area contributed by atoms with Crippen molar-refractivity contribution in [2.24, 2.45) is 29.6 Å². The van der Waals surface area contributed by atoms with Crippen LogP contribution in [0.25, 0.3) is 0 Å². The molecule has 1 saturated carbocycles. The normalized spacial score (nSPS) is 37.4. The zero-order chi connectivity index (χ0) is 47.6. The summed E-state index contributed by atoms with van der Waals surface area (Å²) < 4.78 is 36.7. The number of ether oxygens (including phenoxy) is 6. The van der Waals surface area contributed by atoms with Crippen LogP contribution in [0.15, 0.2) is 47.6 Å². The fourth-order valence-electron chi connectivity index (χ4n) is 10.6. The average Bonchev–Trinajstić information content (AvgIpc) is 3.30. The van der Waals surface area contributed by atoms with Crippen LogP contribution in [-0.4, -0.2) is 126 Å². The van der Waals surface area contributed by atoms with E-state index in [9.17, 15) is 34.5 Å². The molecule has 3 N–H and O–H groups in total. The van der Waals surface area contributed by atoms with Crippen molar-refractivity contribution in [2.45, 2.75) is 180 Å². The van der Waals surface area contributed by atoms with Crippen molar-refractivity contribution in [1.29, 1.82) is 0 Å². The van der Waals surface area contributed by atoms with Gasteiger partial charge in [0, 0.05) is 52.0 Å². The number of amides is 1. The van der Waals surface area contributed by atoms with E-state index < -0.39 is 77.8 Å². The number of methoxy groups -OCH3 is 3. The van der Waals surface area contributed by atoms with Gasteiger partial charge in [0.05, 0.1) is 43.7 Å². The number of allylic oxidation sites excluding steroid dienone is 3. The third-order valence-corrected chi connectivity index (χ3v) is 14.5. The SMILES string of the molecule is CCC1/C=C(\C)CC(C)CC(OC)C2OC(O)(C(=O)C(=O)N3CCCCC3C(=O)OC(C(C)=CC3CCC(OCc4cccc(CO)c4)C(OC)C3)C(C)C(O)CC1=O)C(C)CC2OC. The molecule has 3 fully saturated rings. The Balaban J connectivity index is 1.46. The summed E-state index contributed by atoms with van der Waals surface area (Å²) in [6.07, 6.45) is 4.54. The number of carbonyl (C=O) groups excluding carboxylic acids is 4. The van der Waals surface area contributed by atoms with Gasteiger partial charge in [0.2, 0.25) is 5.79 Å². The molecule has 65 heavy (non-hydrogen) atoms. The molecule has 14 atom stereocenters. The monoisotopic (exact) mass is 912 g/mol. The highest BCUT2D eigenvalue weighted by atomic mass is 16.7. The zero-order valence-electron chi connectivity index (χ0n) is 40.2. The number of rotatable bonds is 10. The maximum Gasteiger partial charge on any atom is 0.329 e. The van der Waals surface area contributed by atoms with Gasteiger partial charge in [-0.2, -0.15) is 0 Å². The molecule has 2 bridgehead atoms. The minimum absolute atomic E-state index is 0.00940. The van der Waals surface area contributed by atoms with E-state index in [4.69, 9.17) is 28.4 Å². The van der Waals surface area contributed by atoms with Crippen LogP contribution in [0.4, 0.5) is 0 Å². The number of cyclic esters (lactones) is 1. The van der Waals surface area contributed by atoms with Crippen LogP contribution in [0.1, 0.15) is 123 Å². The molecule has 2 saturated heterocycles. The molecule has 3 heterocycles. The lowest BCUT2D eigenvalue weighted by molar-refractivity contribution is -0.302. The summed E-state index contributed by atoms with van der Waals surface area (Å²) in [5.41, 5.74) is 3.45. The fraction of sp³-hybridized carbons (Fsp3) is 0.725. The summed E-state index contributed by atoms with van der Waals surface area (Å²) in [4.78, 5) is 58.4. The molecule has 14 heteroatoms. The molecular formula is C51H77NO13. The molecule has 1 aliphatic carbocycles. The van der Waals surface area contributed by atoms with Crippen molar-refractivity contribution in [2.75, 3.05) is 27.9 Å². The number of aliphatic hydroxyl groups is 3. The molecule has 14 unspecified atom stereocenters. The Bertz CT molecular complexity index is 1830. The van der Waals surface area contributed by atoms with Crippen LogP contribution in [0.2, 0.25) is 0 Å². The van der Waals surface area contributed by atoms with Crippen LogP contribution in [0.3, 0.4) is 0 Å². The quantitative estimate of drug-likeness (QED) is 0.137. The van der Waals surface area contributed by atoms with Gasteiger partial charge in [-0.3, -0.25) is 14.4 Å². The van der Waals surface area contributed by atoms with Gasteiger partial charge in [-0.1, -0.05) is 69.7 Å². The van der Waals surface area contributed by atoms with E-state index in [1.807, 2.05) is 51.1 Å². The molecule has 14 nitrogen and oxygen atoms in total. The number of esters is 1. The Morgan fingerprint density at radius 1 is 0.908 bits per heavy atom. The number of carbonyl (C=O) groups is 4. The van der Waals surface area contributed by atoms with Crippen LogP contribution >= 0.6 is 0 Å². The van der Waals surface area contributed by atoms with Gasteiger partial charge < -0.3 is 48.6 Å². The summed E-state index contributed by atoms with van der Waals surface area (Å²) >= 11 is 0. The van der Waals surface area contributed by atoms with E-state index in [2.05, 4.69) is 13.0 Å². The second-order valence-electron chi connectivity index (χ2n) is 19.4. The summed E-state index contributed by atoms with van der Waals surface area (Å²) in [5, 5.41) is 33.5. The van der Waals surface area contributed by atoms with Crippen LogP contribution < -0.4 is 0 Å². The molecule has 3 aliphatic heterocycles. The number of ketones is 2. The minimum atomic E-state index is -2.51. The van der Waals surface area contributed by atoms with E-state index in [0.29, 0.717) is 57.1 Å². The number of fused-ring (bicyclic) bond motifs is 3. The number of piperidine rings is 1. The first kappa shape index (κ1) is 52.6. The van der Waals surface area contributed by atoms with Crippen LogP contribution in [0.5, 0.6) is 0 Å². The third-order valence-electron chi connectivity index (χ3n) is 14.5. The van der Waals surface area contributed by atoms with E-state index in [1.54, 1.807) is 21.0 Å². The summed E-state index contributed by atoms with van der Waals surface area (Å²) in [5.74, 6) is -7.54. The van der Waals surface area contributed by atoms with E-state index >= 15 is 0 Å². The highest BCUT2D eigenvalue weighted by molar-refractivity contribution is 6.39. The van der Waals surface area contributed by atoms with Gasteiger partial charge in [0.1, 0.15) is 24.0 Å². The topological polar surface area (TPSA) is 188 Å². The van der Waals surface area contributed by atoms with Crippen molar-refractivity contribution in [3.05, 3.63) is 58.7 Å². The first-order valence-corrected chi connectivity index (χ1v) is 23.9. The molecule has 0 aromatic heterocycles. The highest BCUT2D eigenvalue weighted by Crippen LogP contribution is 2.39. The first-order chi connectivity index (χ1) is 31.0. The standard InChI is InChI=1S/C51H77NO13/c1-10-38-21-30(2)20-31(3)22-44(61-8)47-45(62-9)24-33(5)51(59,65-47)48(56)49(57)52-19-12-11-16-39(52)50(58)64-46(34(6)40(54)27-41(38)55)32(4)23-35-17-18-42(43(26-35)60-7)63-29-37-15-13-14-36(25-37)28-53/h13-15,21,23,25,31,33-35,38-40,42-47,53-54,59H,10-12,16-20,22,24,26-29H2,1-9H3/b30-21+,32-23?. The molecule has 364 valence electrons. The lowest BCUT2D eigenvalue weighted by Crippen LogP contribution is -2.64. The van der Waals surface area contributed by atoms with Crippen molar-refractivity contribution in [3.63, 3.8) is 0 Å². The molecule has 0 radical (unpaired) electrons. The molecule has 4 aliphatic rings. The predicted molar refractivity (Wildman–Crippen MR) is 243 cm³/mol. The van der Waals surface area contributed by atoms with Gasteiger partial charge in [0.15, 0.2) is 0 Å². The molecule has 0 spiro atoms. The molecule has 1 aromatic rings. The maximum absolute atomic E-state index is 14.5. The highest BCUT2D eigenvalue weighted by Gasteiger charge is 2.56. The Morgan fingerprint density at radius 3 is 2.28 bits per heavy atom. The minimum Gasteiger partial charge on any atom is -0.456 e.